The molecule has 1 fully saturated rings. The second-order valence-corrected chi connectivity index (χ2v) is 6.31. The van der Waals surface area contributed by atoms with E-state index in [0.29, 0.717) is 30.2 Å². The molecule has 1 heterocycles. The summed E-state index contributed by atoms with van der Waals surface area (Å²) in [6.07, 6.45) is 2.30. The largest absolute Gasteiger partial charge is 0.493 e. The number of carbonyl (C=O) groups is 1. The molecule has 0 aliphatic carbocycles. The highest BCUT2D eigenvalue weighted by Crippen LogP contribution is 2.30. The molecule has 144 valence electrons. The number of benzene rings is 2. The van der Waals surface area contributed by atoms with Crippen LogP contribution in [0.2, 0.25) is 0 Å². The first-order valence-electron chi connectivity index (χ1n) is 9.04. The molecule has 6 heteroatoms. The van der Waals surface area contributed by atoms with Crippen molar-refractivity contribution in [2.24, 2.45) is 0 Å². The fraction of sp³-hybridized carbons (Fsp3) is 0.381. The maximum atomic E-state index is 12.4. The normalized spacial score (nSPS) is 16.0. The Kier molecular flexibility index (Phi) is 6.54. The average Bonchev–Trinajstić information content (AvgIpc) is 3.24. The molecular weight excluding hydrogens is 346 g/mol. The maximum Gasteiger partial charge on any atom is 0.251 e. The van der Waals surface area contributed by atoms with Crippen LogP contribution in [0.15, 0.2) is 42.5 Å². The molecule has 1 saturated heterocycles. The Labute approximate surface area is 159 Å². The van der Waals surface area contributed by atoms with E-state index in [2.05, 4.69) is 5.32 Å². The highest BCUT2D eigenvalue weighted by atomic mass is 16.5. The lowest BCUT2D eigenvalue weighted by Crippen LogP contribution is -2.23. The molecule has 0 bridgehead atoms. The summed E-state index contributed by atoms with van der Waals surface area (Å²) in [4.78, 5) is 12.4. The van der Waals surface area contributed by atoms with Gasteiger partial charge in [-0.2, -0.15) is 0 Å². The number of hydrogen-bond donors (Lipinski definition) is 1. The van der Waals surface area contributed by atoms with Gasteiger partial charge in [0.1, 0.15) is 12.4 Å². The standard InChI is InChI=1S/C21H25NO5/c1-24-19-7-3-5-16(20(19)25-2)13-22-21(23)15-8-10-17(11-9-15)27-14-18-6-4-12-26-18/h3,5,7-11,18H,4,6,12-14H2,1-2H3,(H,22,23). The average molecular weight is 371 g/mol. The zero-order valence-electron chi connectivity index (χ0n) is 15.7. The van der Waals surface area contributed by atoms with Crippen molar-refractivity contribution < 1.29 is 23.7 Å². The molecule has 1 aliphatic heterocycles. The lowest BCUT2D eigenvalue weighted by molar-refractivity contribution is 0.0679. The van der Waals surface area contributed by atoms with Gasteiger partial charge in [-0.05, 0) is 43.2 Å². The van der Waals surface area contributed by atoms with Crippen molar-refractivity contribution in [1.82, 2.24) is 5.32 Å². The van der Waals surface area contributed by atoms with Crippen LogP contribution >= 0.6 is 0 Å². The van der Waals surface area contributed by atoms with Gasteiger partial charge in [0, 0.05) is 24.3 Å². The Bertz CT molecular complexity index is 754. The molecule has 0 aromatic heterocycles. The van der Waals surface area contributed by atoms with Crippen LogP contribution in [0, 0.1) is 0 Å². The molecular formula is C21H25NO5. The Hall–Kier alpha value is -2.73. The third kappa shape index (κ3) is 4.92. The summed E-state index contributed by atoms with van der Waals surface area (Å²) in [7, 11) is 3.17. The molecule has 6 nitrogen and oxygen atoms in total. The van der Waals surface area contributed by atoms with Crippen LogP contribution < -0.4 is 19.5 Å². The van der Waals surface area contributed by atoms with Crippen molar-refractivity contribution in [2.75, 3.05) is 27.4 Å². The maximum absolute atomic E-state index is 12.4. The molecule has 2 aromatic rings. The Morgan fingerprint density at radius 1 is 1.15 bits per heavy atom. The quantitative estimate of drug-likeness (QED) is 0.772. The van der Waals surface area contributed by atoms with E-state index in [0.717, 1.165) is 30.8 Å². The van der Waals surface area contributed by atoms with Gasteiger partial charge < -0.3 is 24.3 Å². The van der Waals surface area contributed by atoms with Crippen molar-refractivity contribution >= 4 is 5.91 Å². The van der Waals surface area contributed by atoms with Crippen LogP contribution in [0.4, 0.5) is 0 Å². The van der Waals surface area contributed by atoms with Gasteiger partial charge in [-0.1, -0.05) is 12.1 Å². The summed E-state index contributed by atoms with van der Waals surface area (Å²) in [6.45, 7) is 1.70. The van der Waals surface area contributed by atoms with Crippen LogP contribution in [0.3, 0.4) is 0 Å². The number of amides is 1. The van der Waals surface area contributed by atoms with Gasteiger partial charge in [0.05, 0.1) is 20.3 Å². The van der Waals surface area contributed by atoms with Crippen LogP contribution in [-0.2, 0) is 11.3 Å². The van der Waals surface area contributed by atoms with Gasteiger partial charge in [0.2, 0.25) is 0 Å². The van der Waals surface area contributed by atoms with Crippen LogP contribution in [0.1, 0.15) is 28.8 Å². The molecule has 1 atom stereocenters. The first-order chi connectivity index (χ1) is 13.2. The molecule has 0 saturated carbocycles. The second-order valence-electron chi connectivity index (χ2n) is 6.31. The lowest BCUT2D eigenvalue weighted by Gasteiger charge is -2.13. The lowest BCUT2D eigenvalue weighted by atomic mass is 10.1. The van der Waals surface area contributed by atoms with E-state index in [1.807, 2.05) is 18.2 Å². The van der Waals surface area contributed by atoms with Crippen LogP contribution in [0.5, 0.6) is 17.2 Å². The third-order valence-electron chi connectivity index (χ3n) is 4.50. The molecule has 1 unspecified atom stereocenters. The summed E-state index contributed by atoms with van der Waals surface area (Å²) in [5.41, 5.74) is 1.42. The van der Waals surface area contributed by atoms with Gasteiger partial charge in [-0.3, -0.25) is 4.79 Å². The number of nitrogens with one attached hydrogen (secondary N) is 1. The number of hydrogen-bond acceptors (Lipinski definition) is 5. The molecule has 3 rings (SSSR count). The Morgan fingerprint density at radius 3 is 2.63 bits per heavy atom. The van der Waals surface area contributed by atoms with Gasteiger partial charge in [0.25, 0.3) is 5.91 Å². The first-order valence-corrected chi connectivity index (χ1v) is 9.04. The van der Waals surface area contributed by atoms with E-state index in [4.69, 9.17) is 18.9 Å². The SMILES string of the molecule is COc1cccc(CNC(=O)c2ccc(OCC3CCCO3)cc2)c1OC. The fourth-order valence-corrected chi connectivity index (χ4v) is 3.04. The molecule has 1 amide bonds. The molecule has 2 aromatic carbocycles. The summed E-state index contributed by atoms with van der Waals surface area (Å²) < 4.78 is 21.9. The molecule has 0 radical (unpaired) electrons. The Morgan fingerprint density at radius 2 is 1.96 bits per heavy atom. The van der Waals surface area contributed by atoms with Crippen LogP contribution in [0.25, 0.3) is 0 Å². The van der Waals surface area contributed by atoms with E-state index in [9.17, 15) is 4.79 Å². The predicted octanol–water partition coefficient (Wildman–Crippen LogP) is 3.19. The van der Waals surface area contributed by atoms with Gasteiger partial charge in [-0.15, -0.1) is 0 Å². The van der Waals surface area contributed by atoms with Crippen molar-refractivity contribution in [3.63, 3.8) is 0 Å². The third-order valence-corrected chi connectivity index (χ3v) is 4.50. The number of para-hydroxylation sites is 1. The number of rotatable bonds is 8. The van der Waals surface area contributed by atoms with Gasteiger partial charge in [-0.25, -0.2) is 0 Å². The zero-order chi connectivity index (χ0) is 19.1. The highest BCUT2D eigenvalue weighted by Gasteiger charge is 2.16. The molecule has 0 spiro atoms. The topological polar surface area (TPSA) is 66.0 Å². The predicted molar refractivity (Wildman–Crippen MR) is 102 cm³/mol. The molecule has 27 heavy (non-hydrogen) atoms. The minimum Gasteiger partial charge on any atom is -0.493 e. The number of ether oxygens (including phenoxy) is 4. The molecule has 1 N–H and O–H groups in total. The first kappa shape index (κ1) is 19.0. The van der Waals surface area contributed by atoms with E-state index < -0.39 is 0 Å². The van der Waals surface area contributed by atoms with Crippen molar-refractivity contribution in [1.29, 1.82) is 0 Å². The summed E-state index contributed by atoms with van der Waals surface area (Å²) in [5, 5.41) is 2.90. The smallest absolute Gasteiger partial charge is 0.251 e. The summed E-state index contributed by atoms with van der Waals surface area (Å²) in [6, 6.07) is 12.7. The van der Waals surface area contributed by atoms with E-state index in [1.165, 1.54) is 0 Å². The zero-order valence-corrected chi connectivity index (χ0v) is 15.7. The van der Waals surface area contributed by atoms with Crippen LogP contribution in [-0.4, -0.2) is 39.4 Å². The molecule has 1 aliphatic rings. The fourth-order valence-electron chi connectivity index (χ4n) is 3.04. The Balaban J connectivity index is 1.55. The minimum absolute atomic E-state index is 0.162. The summed E-state index contributed by atoms with van der Waals surface area (Å²) >= 11 is 0. The van der Waals surface area contributed by atoms with Gasteiger partial charge in [0.15, 0.2) is 11.5 Å². The van der Waals surface area contributed by atoms with Gasteiger partial charge >= 0.3 is 0 Å². The monoisotopic (exact) mass is 371 g/mol. The highest BCUT2D eigenvalue weighted by molar-refractivity contribution is 5.94. The van der Waals surface area contributed by atoms with E-state index >= 15 is 0 Å². The van der Waals surface area contributed by atoms with Crippen molar-refractivity contribution in [3.05, 3.63) is 53.6 Å². The van der Waals surface area contributed by atoms with E-state index in [-0.39, 0.29) is 12.0 Å². The summed E-state index contributed by atoms with van der Waals surface area (Å²) in [5.74, 6) is 1.83. The minimum atomic E-state index is -0.162. The van der Waals surface area contributed by atoms with E-state index in [1.54, 1.807) is 38.5 Å². The van der Waals surface area contributed by atoms with Crippen molar-refractivity contribution in [2.45, 2.75) is 25.5 Å². The van der Waals surface area contributed by atoms with Crippen molar-refractivity contribution in [3.8, 4) is 17.2 Å². The number of carbonyl (C=O) groups excluding carboxylic acids is 1. The second kappa shape index (κ2) is 9.28. The number of methoxy groups -OCH3 is 2.